The summed E-state index contributed by atoms with van der Waals surface area (Å²) in [6, 6.07) is 9.31. The highest BCUT2D eigenvalue weighted by molar-refractivity contribution is 5.94. The Morgan fingerprint density at radius 1 is 1.15 bits per heavy atom. The van der Waals surface area contributed by atoms with E-state index in [1.165, 1.54) is 25.4 Å². The number of benzene rings is 1. The van der Waals surface area contributed by atoms with Gasteiger partial charge in [-0.25, -0.2) is 15.0 Å². The van der Waals surface area contributed by atoms with Gasteiger partial charge in [0, 0.05) is 48.4 Å². The van der Waals surface area contributed by atoms with Crippen LogP contribution < -0.4 is 10.1 Å². The maximum absolute atomic E-state index is 13.5. The summed E-state index contributed by atoms with van der Waals surface area (Å²) in [5.41, 5.74) is -0.222. The minimum Gasteiger partial charge on any atom is -0.481 e. The normalized spacial score (nSPS) is 16.3. The number of aromatic nitrogens is 3. The third kappa shape index (κ3) is 5.25. The molecule has 0 bridgehead atoms. The van der Waals surface area contributed by atoms with Gasteiger partial charge < -0.3 is 20.1 Å². The molecule has 11 heteroatoms. The van der Waals surface area contributed by atoms with E-state index in [9.17, 15) is 23.1 Å². The van der Waals surface area contributed by atoms with Gasteiger partial charge in [0.05, 0.1) is 18.9 Å². The molecule has 3 heterocycles. The molecule has 3 aromatic rings. The van der Waals surface area contributed by atoms with E-state index >= 15 is 0 Å². The van der Waals surface area contributed by atoms with E-state index in [4.69, 9.17) is 4.74 Å². The Kier molecular flexibility index (Phi) is 6.64. The summed E-state index contributed by atoms with van der Waals surface area (Å²) in [6.45, 7) is 0.875. The van der Waals surface area contributed by atoms with Crippen LogP contribution in [-0.2, 0) is 6.18 Å². The van der Waals surface area contributed by atoms with E-state index in [2.05, 4.69) is 20.3 Å². The van der Waals surface area contributed by atoms with Crippen LogP contribution in [0.1, 0.15) is 28.8 Å². The minimum absolute atomic E-state index is 0.0444. The predicted octanol–water partition coefficient (Wildman–Crippen LogP) is 3.91. The summed E-state index contributed by atoms with van der Waals surface area (Å²) in [4.78, 5) is 26.1. The van der Waals surface area contributed by atoms with Crippen LogP contribution in [0.25, 0.3) is 11.3 Å². The van der Waals surface area contributed by atoms with Crippen LogP contribution in [0.5, 0.6) is 5.88 Å². The molecule has 1 aliphatic rings. The fraction of sp³-hybridized carbons (Fsp3) is 0.304. The van der Waals surface area contributed by atoms with E-state index in [1.54, 1.807) is 29.2 Å². The molecule has 0 spiro atoms. The van der Waals surface area contributed by atoms with Crippen molar-refractivity contribution in [3.8, 4) is 17.1 Å². The Balaban J connectivity index is 1.56. The molecule has 2 aromatic heterocycles. The van der Waals surface area contributed by atoms with E-state index in [0.29, 0.717) is 37.0 Å². The number of piperidine rings is 1. The van der Waals surface area contributed by atoms with Gasteiger partial charge in [0.1, 0.15) is 5.56 Å². The molecule has 34 heavy (non-hydrogen) atoms. The van der Waals surface area contributed by atoms with Gasteiger partial charge in [-0.3, -0.25) is 4.79 Å². The Hall–Kier alpha value is -3.73. The van der Waals surface area contributed by atoms with E-state index in [-0.39, 0.29) is 29.0 Å². The lowest BCUT2D eigenvalue weighted by atomic mass is 10.1. The molecule has 4 rings (SSSR count). The van der Waals surface area contributed by atoms with Gasteiger partial charge in [-0.2, -0.15) is 13.2 Å². The van der Waals surface area contributed by atoms with Crippen molar-refractivity contribution in [1.82, 2.24) is 19.9 Å². The van der Waals surface area contributed by atoms with Crippen LogP contribution >= 0.6 is 0 Å². The number of amides is 1. The van der Waals surface area contributed by atoms with Gasteiger partial charge in [-0.1, -0.05) is 0 Å². The molecular formula is C23H22F3N5O3. The standard InChI is InChI=1S/C23H22F3N5O3/c1-34-19-9-6-15(11-27-19)20-18(23(24,25)26)12-28-22(30-20)29-16-7-4-14(5-8-16)21(33)31-10-2-3-17(32)13-31/h4-9,11-12,17,32H,2-3,10,13H2,1H3,(H,28,29,30). The van der Waals surface area contributed by atoms with Crippen molar-refractivity contribution >= 4 is 17.5 Å². The Morgan fingerprint density at radius 3 is 2.53 bits per heavy atom. The number of carbonyl (C=O) groups excluding carboxylic acids is 1. The van der Waals surface area contributed by atoms with Crippen LogP contribution in [0.2, 0.25) is 0 Å². The summed E-state index contributed by atoms with van der Waals surface area (Å²) in [5, 5.41) is 12.7. The molecule has 2 N–H and O–H groups in total. The van der Waals surface area contributed by atoms with Crippen LogP contribution in [0, 0.1) is 0 Å². The number of aliphatic hydroxyl groups is 1. The van der Waals surface area contributed by atoms with E-state index in [1.807, 2.05) is 0 Å². The van der Waals surface area contributed by atoms with Gasteiger partial charge in [0.15, 0.2) is 0 Å². The van der Waals surface area contributed by atoms with Crippen LogP contribution in [-0.4, -0.2) is 57.2 Å². The molecule has 8 nitrogen and oxygen atoms in total. The van der Waals surface area contributed by atoms with Crippen molar-refractivity contribution in [2.45, 2.75) is 25.1 Å². The molecular weight excluding hydrogens is 451 g/mol. The lowest BCUT2D eigenvalue weighted by Crippen LogP contribution is -2.42. The third-order valence-corrected chi connectivity index (χ3v) is 5.38. The van der Waals surface area contributed by atoms with Gasteiger partial charge in [0.2, 0.25) is 11.8 Å². The van der Waals surface area contributed by atoms with Gasteiger partial charge in [-0.05, 0) is 43.2 Å². The van der Waals surface area contributed by atoms with Crippen molar-refractivity contribution in [3.63, 3.8) is 0 Å². The molecule has 1 atom stereocenters. The Morgan fingerprint density at radius 2 is 1.91 bits per heavy atom. The van der Waals surface area contributed by atoms with Crippen molar-refractivity contribution in [3.05, 3.63) is 59.9 Å². The number of ether oxygens (including phenoxy) is 1. The molecule has 1 amide bonds. The zero-order valence-electron chi connectivity index (χ0n) is 18.2. The number of nitrogens with zero attached hydrogens (tertiary/aromatic N) is 4. The molecule has 1 saturated heterocycles. The van der Waals surface area contributed by atoms with Gasteiger partial charge >= 0.3 is 6.18 Å². The number of halogens is 3. The topological polar surface area (TPSA) is 100 Å². The first kappa shape index (κ1) is 23.4. The summed E-state index contributed by atoms with van der Waals surface area (Å²) in [6.07, 6.45) is -1.80. The first-order valence-corrected chi connectivity index (χ1v) is 10.5. The van der Waals surface area contributed by atoms with E-state index in [0.717, 1.165) is 6.42 Å². The fourth-order valence-corrected chi connectivity index (χ4v) is 3.66. The highest BCUT2D eigenvalue weighted by Gasteiger charge is 2.35. The largest absolute Gasteiger partial charge is 0.481 e. The number of anilines is 2. The second-order valence-electron chi connectivity index (χ2n) is 7.79. The molecule has 1 aliphatic heterocycles. The predicted molar refractivity (Wildman–Crippen MR) is 118 cm³/mol. The number of aliphatic hydroxyl groups excluding tert-OH is 1. The maximum Gasteiger partial charge on any atom is 0.419 e. The lowest BCUT2D eigenvalue weighted by molar-refractivity contribution is -0.137. The second kappa shape index (κ2) is 9.64. The van der Waals surface area contributed by atoms with Crippen LogP contribution in [0.3, 0.4) is 0 Å². The molecule has 1 aromatic carbocycles. The smallest absolute Gasteiger partial charge is 0.419 e. The van der Waals surface area contributed by atoms with Gasteiger partial charge in [-0.15, -0.1) is 0 Å². The number of pyridine rings is 1. The highest BCUT2D eigenvalue weighted by atomic mass is 19.4. The molecule has 0 radical (unpaired) electrons. The van der Waals surface area contributed by atoms with Crippen molar-refractivity contribution < 1.29 is 27.8 Å². The average Bonchev–Trinajstić information content (AvgIpc) is 2.83. The number of alkyl halides is 3. The number of rotatable bonds is 5. The second-order valence-corrected chi connectivity index (χ2v) is 7.79. The number of hydrogen-bond acceptors (Lipinski definition) is 7. The maximum atomic E-state index is 13.5. The number of nitrogens with one attached hydrogen (secondary N) is 1. The quantitative estimate of drug-likeness (QED) is 0.580. The molecule has 1 unspecified atom stereocenters. The zero-order chi connectivity index (χ0) is 24.3. The van der Waals surface area contributed by atoms with Crippen molar-refractivity contribution in [1.29, 1.82) is 0 Å². The summed E-state index contributed by atoms with van der Waals surface area (Å²) in [7, 11) is 1.41. The first-order chi connectivity index (χ1) is 16.2. The Bertz CT molecular complexity index is 1150. The Labute approximate surface area is 193 Å². The van der Waals surface area contributed by atoms with Crippen molar-refractivity contribution in [2.24, 2.45) is 0 Å². The van der Waals surface area contributed by atoms with Gasteiger partial charge in [0.25, 0.3) is 5.91 Å². The SMILES string of the molecule is COc1ccc(-c2nc(Nc3ccc(C(=O)N4CCCC(O)C4)cc3)ncc2C(F)(F)F)cn1. The van der Waals surface area contributed by atoms with Crippen molar-refractivity contribution in [2.75, 3.05) is 25.5 Å². The average molecular weight is 473 g/mol. The van der Waals surface area contributed by atoms with E-state index < -0.39 is 17.8 Å². The number of methoxy groups -OCH3 is 1. The minimum atomic E-state index is -4.65. The fourth-order valence-electron chi connectivity index (χ4n) is 3.66. The van der Waals surface area contributed by atoms with Crippen LogP contribution in [0.4, 0.5) is 24.8 Å². The third-order valence-electron chi connectivity index (χ3n) is 5.38. The monoisotopic (exact) mass is 473 g/mol. The summed E-state index contributed by atoms with van der Waals surface area (Å²) >= 11 is 0. The zero-order valence-corrected chi connectivity index (χ0v) is 18.2. The number of hydrogen-bond donors (Lipinski definition) is 2. The number of carbonyl (C=O) groups is 1. The molecule has 178 valence electrons. The summed E-state index contributed by atoms with van der Waals surface area (Å²) < 4.78 is 45.6. The molecule has 0 saturated carbocycles. The highest BCUT2D eigenvalue weighted by Crippen LogP contribution is 2.36. The van der Waals surface area contributed by atoms with Crippen LogP contribution in [0.15, 0.2) is 48.8 Å². The lowest BCUT2D eigenvalue weighted by Gasteiger charge is -2.30. The first-order valence-electron chi connectivity index (χ1n) is 10.5. The molecule has 0 aliphatic carbocycles. The molecule has 1 fully saturated rings. The number of likely N-dealkylation sites (tertiary alicyclic amines) is 1. The number of β-amino-alcohol motifs (C(OH)–C–C–N with tert-alkyl or cyclic N) is 1. The summed E-state index contributed by atoms with van der Waals surface area (Å²) in [5.74, 6) is 0.0285.